The number of nitrogens with one attached hydrogen (secondary N) is 7. The highest BCUT2D eigenvalue weighted by Crippen LogP contribution is 2.50. The normalized spacial score (nSPS) is 20.2. The smallest absolute Gasteiger partial charge is 0.251 e. The summed E-state index contributed by atoms with van der Waals surface area (Å²) in [6, 6.07) is 13.8. The fourth-order valence-electron chi connectivity index (χ4n) is 9.35. The molecule has 4 heterocycles. The summed E-state index contributed by atoms with van der Waals surface area (Å²) < 4.78 is 0.0404. The molecule has 4 aliphatic rings. The van der Waals surface area contributed by atoms with E-state index < -0.39 is 73.1 Å². The second-order valence-electron chi connectivity index (χ2n) is 19.3. The van der Waals surface area contributed by atoms with Crippen LogP contribution in [0.5, 0.6) is 0 Å². The lowest BCUT2D eigenvalue weighted by Crippen LogP contribution is -2.55. The number of benzene rings is 2. The zero-order valence-corrected chi connectivity index (χ0v) is 49.8. The molecule has 0 radical (unpaired) electrons. The van der Waals surface area contributed by atoms with Crippen molar-refractivity contribution in [3.05, 3.63) is 71.8 Å². The molecule has 0 saturated carbocycles. The van der Waals surface area contributed by atoms with Crippen LogP contribution in [0.3, 0.4) is 0 Å². The highest BCUT2D eigenvalue weighted by Gasteiger charge is 2.49. The SMILES string of the molecule is C.CCCC(NC(=O)[C@@H]1CC2(CN1)SCCCS2)C(O)C(=O)NCC(=O)N[C@H](C(C)=O)c1ccccc1.CCCC(NC(=O)[C@@H]1CC2(CN1CC)SCCCS2)C(O)C(=O)NCC(=O)N[C@H](C(C)=O)c1ccccc1.CCO.Cl. The number of aliphatic hydroxyl groups is 3. The second kappa shape index (κ2) is 36.5. The molecule has 4 unspecified atom stereocenters. The number of likely N-dealkylation sites (tertiary alicyclic amines) is 1. The first kappa shape index (κ1) is 71.2. The minimum absolute atomic E-state index is 0. The van der Waals surface area contributed by atoms with Crippen LogP contribution < -0.4 is 37.2 Å². The van der Waals surface area contributed by atoms with Gasteiger partial charge in [-0.05, 0) is 100.0 Å². The van der Waals surface area contributed by atoms with Crippen LogP contribution in [0.2, 0.25) is 0 Å². The lowest BCUT2D eigenvalue weighted by Gasteiger charge is -2.31. The molecule has 2 aromatic carbocycles. The molecule has 10 N–H and O–H groups in total. The molecule has 444 valence electrons. The summed E-state index contributed by atoms with van der Waals surface area (Å²) in [5.74, 6) is 0.897. The van der Waals surface area contributed by atoms with Gasteiger partial charge in [0, 0.05) is 19.7 Å². The van der Waals surface area contributed by atoms with E-state index in [1.807, 2.05) is 80.0 Å². The number of carbonyl (C=O) groups excluding carboxylic acids is 8. The first-order valence-electron chi connectivity index (χ1n) is 26.7. The van der Waals surface area contributed by atoms with Gasteiger partial charge in [-0.2, -0.15) is 0 Å². The summed E-state index contributed by atoms with van der Waals surface area (Å²) in [6.07, 6.45) is 2.92. The van der Waals surface area contributed by atoms with Crippen molar-refractivity contribution in [1.29, 1.82) is 0 Å². The maximum absolute atomic E-state index is 13.3. The van der Waals surface area contributed by atoms with E-state index in [2.05, 4.69) is 42.1 Å². The molecule has 2 spiro atoms. The number of hydrogen-bond donors (Lipinski definition) is 10. The number of carbonyl (C=O) groups is 8. The first-order chi connectivity index (χ1) is 36.8. The molecule has 24 heteroatoms. The van der Waals surface area contributed by atoms with Crippen molar-refractivity contribution in [2.45, 2.75) is 157 Å². The monoisotopic (exact) mass is 1200 g/mol. The lowest BCUT2D eigenvalue weighted by molar-refractivity contribution is -0.135. The van der Waals surface area contributed by atoms with Crippen molar-refractivity contribution in [3.8, 4) is 0 Å². The van der Waals surface area contributed by atoms with Gasteiger partial charge in [-0.1, -0.05) is 102 Å². The summed E-state index contributed by atoms with van der Waals surface area (Å²) in [4.78, 5) is 103. The highest BCUT2D eigenvalue weighted by molar-refractivity contribution is 8.19. The van der Waals surface area contributed by atoms with Crippen molar-refractivity contribution in [2.75, 3.05) is 62.3 Å². The van der Waals surface area contributed by atoms with Crippen molar-refractivity contribution in [3.63, 3.8) is 0 Å². The topological polar surface area (TPSA) is 285 Å². The minimum Gasteiger partial charge on any atom is -0.397 e. The molecule has 0 aromatic heterocycles. The van der Waals surface area contributed by atoms with Gasteiger partial charge in [0.1, 0.15) is 12.1 Å². The van der Waals surface area contributed by atoms with E-state index in [0.29, 0.717) is 43.2 Å². The molecule has 6 rings (SSSR count). The Morgan fingerprint density at radius 3 is 1.43 bits per heavy atom. The van der Waals surface area contributed by atoms with E-state index in [-0.39, 0.29) is 70.1 Å². The van der Waals surface area contributed by atoms with Crippen molar-refractivity contribution in [2.24, 2.45) is 0 Å². The largest absolute Gasteiger partial charge is 0.397 e. The average Bonchev–Trinajstić information content (AvgIpc) is 4.04. The minimum atomic E-state index is -1.51. The van der Waals surface area contributed by atoms with E-state index in [4.69, 9.17) is 5.11 Å². The Bertz CT molecular complexity index is 2230. The van der Waals surface area contributed by atoms with Gasteiger partial charge >= 0.3 is 0 Å². The summed E-state index contributed by atoms with van der Waals surface area (Å²) in [5.41, 5.74) is 1.29. The van der Waals surface area contributed by atoms with E-state index >= 15 is 0 Å². The van der Waals surface area contributed by atoms with Crippen molar-refractivity contribution >= 4 is 106 Å². The van der Waals surface area contributed by atoms with Crippen LogP contribution in [0, 0.1) is 0 Å². The number of aliphatic hydroxyl groups excluding tert-OH is 3. The average molecular weight is 1200 g/mol. The Morgan fingerprint density at radius 2 is 1.04 bits per heavy atom. The van der Waals surface area contributed by atoms with Gasteiger partial charge in [-0.15, -0.1) is 59.5 Å². The predicted molar refractivity (Wildman–Crippen MR) is 321 cm³/mol. The molecule has 0 bridgehead atoms. The Kier molecular flexibility index (Phi) is 32.9. The third-order valence-corrected chi connectivity index (χ3v) is 20.0. The predicted octanol–water partition coefficient (Wildman–Crippen LogP) is 4.04. The fraction of sp³-hybridized carbons (Fsp3) is 0.636. The van der Waals surface area contributed by atoms with Gasteiger partial charge in [-0.25, -0.2) is 0 Å². The Hall–Kier alpha value is -3.91. The van der Waals surface area contributed by atoms with Crippen LogP contribution in [0.4, 0.5) is 0 Å². The highest BCUT2D eigenvalue weighted by atomic mass is 35.5. The van der Waals surface area contributed by atoms with Gasteiger partial charge in [0.15, 0.2) is 23.8 Å². The van der Waals surface area contributed by atoms with Gasteiger partial charge in [-0.3, -0.25) is 43.3 Å². The van der Waals surface area contributed by atoms with Gasteiger partial charge < -0.3 is 52.5 Å². The molecule has 6 amide bonds. The van der Waals surface area contributed by atoms with Gasteiger partial charge in [0.25, 0.3) is 11.8 Å². The molecule has 0 aliphatic carbocycles. The number of rotatable bonds is 23. The van der Waals surface area contributed by atoms with Gasteiger partial charge in [0.05, 0.1) is 45.4 Å². The van der Waals surface area contributed by atoms with Crippen molar-refractivity contribution < 1.29 is 53.7 Å². The van der Waals surface area contributed by atoms with Crippen LogP contribution in [-0.4, -0.2) is 174 Å². The quantitative estimate of drug-likeness (QED) is 0.0752. The maximum atomic E-state index is 13.3. The Labute approximate surface area is 490 Å². The number of hydrogen-bond acceptors (Lipinski definition) is 17. The van der Waals surface area contributed by atoms with Crippen LogP contribution in [0.1, 0.15) is 124 Å². The summed E-state index contributed by atoms with van der Waals surface area (Å²) in [6.45, 7) is 12.1. The lowest BCUT2D eigenvalue weighted by atomic mass is 10.0. The molecule has 4 aliphatic heterocycles. The Morgan fingerprint density at radius 1 is 0.633 bits per heavy atom. The number of Topliss-reactive ketones (excluding diaryl/α,β-unsaturated/α-hetero) is 2. The number of nitrogens with zero attached hydrogens (tertiary/aromatic N) is 1. The number of halogens is 1. The molecular weight excluding hydrogens is 1110 g/mol. The van der Waals surface area contributed by atoms with E-state index in [1.54, 1.807) is 55.5 Å². The molecule has 4 saturated heterocycles. The zero-order chi connectivity index (χ0) is 56.5. The maximum Gasteiger partial charge on any atom is 0.251 e. The number of likely N-dealkylation sites (N-methyl/N-ethyl adjacent to an activating group) is 1. The Balaban J connectivity index is 0.000000503. The number of amides is 6. The molecule has 79 heavy (non-hydrogen) atoms. The molecule has 8 atom stereocenters. The summed E-state index contributed by atoms with van der Waals surface area (Å²) in [5, 5.41) is 48.2. The molecule has 19 nitrogen and oxygen atoms in total. The number of ketones is 2. The van der Waals surface area contributed by atoms with Gasteiger partial charge in [0.2, 0.25) is 23.6 Å². The fourth-order valence-corrected chi connectivity index (χ4v) is 16.0. The van der Waals surface area contributed by atoms with Crippen molar-refractivity contribution in [1.82, 2.24) is 42.1 Å². The van der Waals surface area contributed by atoms with E-state index in [1.165, 1.54) is 26.7 Å². The molecule has 2 aromatic rings. The van der Waals surface area contributed by atoms with Crippen LogP contribution >= 0.6 is 59.5 Å². The zero-order valence-electron chi connectivity index (χ0n) is 45.7. The first-order valence-corrected chi connectivity index (χ1v) is 30.7. The summed E-state index contributed by atoms with van der Waals surface area (Å²) in [7, 11) is 0. The van der Waals surface area contributed by atoms with E-state index in [0.717, 1.165) is 49.1 Å². The standard InChI is InChI=1S/C27H40N4O5S2.C25H36N4O5S2.C2H6O.CH4.ClH/c1-4-10-20(29-25(35)21-15-27(17-31(21)5-2)37-13-9-14-38-27)24(34)26(36)28-16-22(33)30-23(18(3)32)19-11-7-6-8-12-19;1-3-8-18(28-23(33)19-13-25(15-27-19)35-11-7-12-36-25)22(32)24(34)26-14-20(31)29-21(16(2)30)17-9-5-4-6-10-17;1-2-3;;/h6-8,11-12,20-21,23-24,34H,4-5,9-10,13-17H2,1-3H3,(H,28,36)(H,29,35)(H,30,33);4-6,9-10,18-19,21-22,27,32H,3,7-8,11-15H2,1-2H3,(H,26,34)(H,28,33)(H,29,31);3H,2H2,1H3;1H4;1H/t20?,21-,23+,24?;18?,19-,21+,22?;;;/m00.../s1. The molecular formula is C55H87ClN8O11S4. The van der Waals surface area contributed by atoms with Crippen LogP contribution in [0.25, 0.3) is 0 Å². The van der Waals surface area contributed by atoms with E-state index in [9.17, 15) is 48.6 Å². The van der Waals surface area contributed by atoms with Crippen LogP contribution in [0.15, 0.2) is 60.7 Å². The number of thioether (sulfide) groups is 4. The molecule has 4 fully saturated rings. The third-order valence-electron chi connectivity index (χ3n) is 13.3. The summed E-state index contributed by atoms with van der Waals surface area (Å²) >= 11 is 7.66. The van der Waals surface area contributed by atoms with Crippen LogP contribution in [-0.2, 0) is 38.4 Å². The third kappa shape index (κ3) is 22.4. The second-order valence-corrected chi connectivity index (χ2v) is 25.8.